The molecule has 2 rings (SSSR count). The van der Waals surface area contributed by atoms with Crippen LogP contribution in [0.1, 0.15) is 0 Å². The molecule has 27 heavy (non-hydrogen) atoms. The van der Waals surface area contributed by atoms with E-state index in [9.17, 15) is 40.5 Å². The summed E-state index contributed by atoms with van der Waals surface area (Å²) in [6.07, 6.45) is -15.1. The Bertz CT molecular complexity index is 511. The van der Waals surface area contributed by atoms with Gasteiger partial charge in [0.25, 0.3) is 0 Å². The first-order valence-corrected chi connectivity index (χ1v) is 8.16. The summed E-state index contributed by atoms with van der Waals surface area (Å²) in [5.74, 6) is -0.934. The summed E-state index contributed by atoms with van der Waals surface area (Å²) in [5, 5.41) is 68.5. The topological polar surface area (TPSA) is 196 Å². The Morgan fingerprint density at radius 3 is 1.96 bits per heavy atom. The number of hydrogen-bond acceptors (Lipinski definition) is 12. The molecule has 12 nitrogen and oxygen atoms in total. The molecule has 0 aromatic heterocycles. The molecule has 0 aromatic carbocycles. The standard InChI is InChI=1S/C15H24O12/c1-2-7(18)26-14-12(23)10(21)13(6(4-17)25-14)27-15-11(22)9(20)8(19)5(3-16)24-15/h2,5-6,8-17,19-23H,1,3-4H2/t5-,6-,8+,9+,10-,11-,12-,13-,14?,15+/m1/s1. The lowest BCUT2D eigenvalue weighted by molar-refractivity contribution is -0.355. The molecule has 1 unspecified atom stereocenters. The van der Waals surface area contributed by atoms with Crippen LogP contribution in [0.25, 0.3) is 0 Å². The summed E-state index contributed by atoms with van der Waals surface area (Å²) in [7, 11) is 0. The van der Waals surface area contributed by atoms with Crippen LogP contribution >= 0.6 is 0 Å². The van der Waals surface area contributed by atoms with Crippen molar-refractivity contribution in [3.05, 3.63) is 12.7 Å². The summed E-state index contributed by atoms with van der Waals surface area (Å²) < 4.78 is 20.5. The maximum absolute atomic E-state index is 11.3. The van der Waals surface area contributed by atoms with Crippen LogP contribution in [0, 0.1) is 0 Å². The molecule has 2 aliphatic heterocycles. The van der Waals surface area contributed by atoms with Gasteiger partial charge in [-0.1, -0.05) is 6.58 Å². The molecule has 7 N–H and O–H groups in total. The van der Waals surface area contributed by atoms with Crippen molar-refractivity contribution >= 4 is 5.97 Å². The van der Waals surface area contributed by atoms with Gasteiger partial charge in [0.05, 0.1) is 13.2 Å². The lowest BCUT2D eigenvalue weighted by atomic mass is 9.97. The zero-order chi connectivity index (χ0) is 20.3. The van der Waals surface area contributed by atoms with E-state index >= 15 is 0 Å². The summed E-state index contributed by atoms with van der Waals surface area (Å²) >= 11 is 0. The fourth-order valence-electron chi connectivity index (χ4n) is 2.82. The quantitative estimate of drug-likeness (QED) is 0.168. The fraction of sp³-hybridized carbons (Fsp3) is 0.800. The van der Waals surface area contributed by atoms with Crippen molar-refractivity contribution in [1.29, 1.82) is 0 Å². The van der Waals surface area contributed by atoms with Crippen LogP contribution in [0.3, 0.4) is 0 Å². The first kappa shape index (κ1) is 22.1. The van der Waals surface area contributed by atoms with E-state index in [0.29, 0.717) is 0 Å². The van der Waals surface area contributed by atoms with Crippen LogP contribution in [-0.2, 0) is 23.7 Å². The average molecular weight is 396 g/mol. The van der Waals surface area contributed by atoms with Gasteiger partial charge >= 0.3 is 5.97 Å². The zero-order valence-corrected chi connectivity index (χ0v) is 14.1. The van der Waals surface area contributed by atoms with Crippen molar-refractivity contribution < 1.29 is 59.5 Å². The van der Waals surface area contributed by atoms with Crippen LogP contribution in [0.5, 0.6) is 0 Å². The van der Waals surface area contributed by atoms with E-state index in [1.165, 1.54) is 0 Å². The van der Waals surface area contributed by atoms with Crippen LogP contribution in [-0.4, -0.2) is 116 Å². The van der Waals surface area contributed by atoms with Gasteiger partial charge in [-0.05, 0) is 0 Å². The summed E-state index contributed by atoms with van der Waals surface area (Å²) in [4.78, 5) is 11.3. The molecule has 0 spiro atoms. The van der Waals surface area contributed by atoms with E-state index in [2.05, 4.69) is 6.58 Å². The summed E-state index contributed by atoms with van der Waals surface area (Å²) in [6.45, 7) is 1.76. The number of aliphatic hydroxyl groups is 7. The Kier molecular flexibility index (Phi) is 7.64. The molecule has 2 heterocycles. The molecule has 10 atom stereocenters. The van der Waals surface area contributed by atoms with Gasteiger partial charge in [-0.15, -0.1) is 0 Å². The molecule has 2 saturated heterocycles. The van der Waals surface area contributed by atoms with E-state index < -0.39 is 80.6 Å². The number of aliphatic hydroxyl groups excluding tert-OH is 7. The molecule has 2 fully saturated rings. The maximum atomic E-state index is 11.3. The summed E-state index contributed by atoms with van der Waals surface area (Å²) in [5.41, 5.74) is 0. The molecule has 0 aliphatic carbocycles. The van der Waals surface area contributed by atoms with Crippen molar-refractivity contribution in [3.63, 3.8) is 0 Å². The fourth-order valence-corrected chi connectivity index (χ4v) is 2.82. The number of hydrogen-bond donors (Lipinski definition) is 7. The Labute approximate surface area is 153 Å². The highest BCUT2D eigenvalue weighted by Crippen LogP contribution is 2.29. The van der Waals surface area contributed by atoms with Gasteiger partial charge < -0.3 is 54.7 Å². The van der Waals surface area contributed by atoms with Crippen LogP contribution in [0.15, 0.2) is 12.7 Å². The second-order valence-corrected chi connectivity index (χ2v) is 6.15. The van der Waals surface area contributed by atoms with Crippen molar-refractivity contribution in [1.82, 2.24) is 0 Å². The largest absolute Gasteiger partial charge is 0.430 e. The number of esters is 1. The molecular weight excluding hydrogens is 372 g/mol. The van der Waals surface area contributed by atoms with Gasteiger partial charge in [0.2, 0.25) is 6.29 Å². The van der Waals surface area contributed by atoms with Crippen molar-refractivity contribution in [3.8, 4) is 0 Å². The smallest absolute Gasteiger partial charge is 0.332 e. The lowest BCUT2D eigenvalue weighted by Gasteiger charge is -2.45. The van der Waals surface area contributed by atoms with Crippen LogP contribution < -0.4 is 0 Å². The molecule has 0 aromatic rings. The molecular formula is C15H24O12. The molecule has 12 heteroatoms. The second-order valence-electron chi connectivity index (χ2n) is 6.15. The van der Waals surface area contributed by atoms with Gasteiger partial charge in [-0.3, -0.25) is 0 Å². The Morgan fingerprint density at radius 2 is 1.41 bits per heavy atom. The van der Waals surface area contributed by atoms with Crippen molar-refractivity contribution in [2.75, 3.05) is 13.2 Å². The molecule has 0 radical (unpaired) electrons. The highest BCUT2D eigenvalue weighted by Gasteiger charge is 2.51. The molecule has 0 amide bonds. The number of carbonyl (C=O) groups is 1. The predicted octanol–water partition coefficient (Wildman–Crippen LogP) is -4.66. The minimum Gasteiger partial charge on any atom is -0.430 e. The van der Waals surface area contributed by atoms with Crippen LogP contribution in [0.4, 0.5) is 0 Å². The highest BCUT2D eigenvalue weighted by molar-refractivity contribution is 5.81. The highest BCUT2D eigenvalue weighted by atomic mass is 16.7. The molecule has 0 saturated carbocycles. The van der Waals surface area contributed by atoms with E-state index in [0.717, 1.165) is 6.08 Å². The van der Waals surface area contributed by atoms with Gasteiger partial charge in [0, 0.05) is 6.08 Å². The summed E-state index contributed by atoms with van der Waals surface area (Å²) in [6, 6.07) is 0. The zero-order valence-electron chi connectivity index (χ0n) is 14.1. The van der Waals surface area contributed by atoms with Crippen molar-refractivity contribution in [2.45, 2.75) is 61.4 Å². The second kappa shape index (κ2) is 9.34. The third-order valence-corrected chi connectivity index (χ3v) is 4.36. The third-order valence-electron chi connectivity index (χ3n) is 4.36. The SMILES string of the molecule is C=CC(=O)OC1O[C@H](CO)[C@@H](O[C@@H]2O[C@H](CO)[C@H](O)[C@H](O)[C@H]2O)[C@H](O)[C@H]1O. The van der Waals surface area contributed by atoms with Gasteiger partial charge in [0.1, 0.15) is 48.8 Å². The van der Waals surface area contributed by atoms with Crippen molar-refractivity contribution in [2.24, 2.45) is 0 Å². The number of rotatable bonds is 6. The lowest BCUT2D eigenvalue weighted by Crippen LogP contribution is -2.64. The predicted molar refractivity (Wildman–Crippen MR) is 82.7 cm³/mol. The van der Waals surface area contributed by atoms with Gasteiger partial charge in [-0.2, -0.15) is 0 Å². The Morgan fingerprint density at radius 1 is 0.852 bits per heavy atom. The van der Waals surface area contributed by atoms with E-state index in [1.54, 1.807) is 0 Å². The first-order valence-electron chi connectivity index (χ1n) is 8.16. The monoisotopic (exact) mass is 396 g/mol. The molecule has 2 aliphatic rings. The number of carbonyl (C=O) groups excluding carboxylic acids is 1. The normalized spacial score (nSPS) is 45.3. The van der Waals surface area contributed by atoms with Gasteiger partial charge in [0.15, 0.2) is 6.29 Å². The average Bonchev–Trinajstić information content (AvgIpc) is 2.67. The van der Waals surface area contributed by atoms with Crippen LogP contribution in [0.2, 0.25) is 0 Å². The molecule has 156 valence electrons. The van der Waals surface area contributed by atoms with Gasteiger partial charge in [-0.25, -0.2) is 4.79 Å². The number of ether oxygens (including phenoxy) is 4. The maximum Gasteiger partial charge on any atom is 0.332 e. The van der Waals surface area contributed by atoms with E-state index in [-0.39, 0.29) is 0 Å². The third kappa shape index (κ3) is 4.63. The van der Waals surface area contributed by atoms with E-state index in [4.69, 9.17) is 18.9 Å². The minimum atomic E-state index is -1.77. The minimum absolute atomic E-state index is 0.694. The Balaban J connectivity index is 2.12. The molecule has 0 bridgehead atoms. The first-order chi connectivity index (χ1) is 12.7. The van der Waals surface area contributed by atoms with E-state index in [1.807, 2.05) is 0 Å². The Hall–Kier alpha value is -1.19.